The van der Waals surface area contributed by atoms with Crippen molar-refractivity contribution in [1.29, 1.82) is 0 Å². The Morgan fingerprint density at radius 2 is 1.50 bits per heavy atom. The number of carbonyl (C=O) groups is 1. The molecule has 0 aliphatic carbocycles. The molecule has 0 spiro atoms. The lowest BCUT2D eigenvalue weighted by atomic mass is 10.1. The number of rotatable bonds is 8. The van der Waals surface area contributed by atoms with Crippen molar-refractivity contribution in [2.75, 3.05) is 0 Å². The molecule has 1 saturated heterocycles. The summed E-state index contributed by atoms with van der Waals surface area (Å²) in [6.07, 6.45) is 3.84. The van der Waals surface area contributed by atoms with Crippen LogP contribution < -0.4 is 4.74 Å². The van der Waals surface area contributed by atoms with E-state index in [9.17, 15) is 4.79 Å². The molecule has 1 aromatic heterocycles. The van der Waals surface area contributed by atoms with Gasteiger partial charge in [-0.2, -0.15) is 5.10 Å². The van der Waals surface area contributed by atoms with Crippen LogP contribution in [0.4, 0.5) is 0 Å². The van der Waals surface area contributed by atoms with Crippen LogP contribution in [0.3, 0.4) is 0 Å². The number of amides is 1. The van der Waals surface area contributed by atoms with Gasteiger partial charge < -0.3 is 4.74 Å². The van der Waals surface area contributed by atoms with Crippen molar-refractivity contribution in [3.8, 4) is 22.7 Å². The molecule has 1 aliphatic heterocycles. The van der Waals surface area contributed by atoms with E-state index in [0.717, 1.165) is 39.4 Å². The zero-order valence-electron chi connectivity index (χ0n) is 21.5. The Balaban J connectivity index is 1.33. The predicted octanol–water partition coefficient (Wildman–Crippen LogP) is 7.52. The van der Waals surface area contributed by atoms with E-state index in [2.05, 4.69) is 0 Å². The number of thioether (sulfide) groups is 1. The Morgan fingerprint density at radius 1 is 0.825 bits per heavy atom. The van der Waals surface area contributed by atoms with Crippen LogP contribution in [0.2, 0.25) is 0 Å². The van der Waals surface area contributed by atoms with Gasteiger partial charge in [-0.1, -0.05) is 115 Å². The van der Waals surface area contributed by atoms with Crippen LogP contribution in [0.25, 0.3) is 23.0 Å². The van der Waals surface area contributed by atoms with Gasteiger partial charge in [-0.25, -0.2) is 4.68 Å². The van der Waals surface area contributed by atoms with Crippen molar-refractivity contribution in [2.24, 2.45) is 0 Å². The van der Waals surface area contributed by atoms with Crippen molar-refractivity contribution >= 4 is 40.3 Å². The smallest absolute Gasteiger partial charge is 0.266 e. The van der Waals surface area contributed by atoms with E-state index in [1.54, 1.807) is 4.90 Å². The van der Waals surface area contributed by atoms with Gasteiger partial charge in [0.25, 0.3) is 5.91 Å². The average molecular weight is 560 g/mol. The quantitative estimate of drug-likeness (QED) is 0.145. The highest BCUT2D eigenvalue weighted by Crippen LogP contribution is 2.36. The monoisotopic (exact) mass is 559 g/mol. The number of benzene rings is 4. The number of hydrogen-bond donors (Lipinski definition) is 0. The largest absolute Gasteiger partial charge is 0.489 e. The van der Waals surface area contributed by atoms with Gasteiger partial charge in [-0.15, -0.1) is 0 Å². The number of aromatic nitrogens is 2. The summed E-state index contributed by atoms with van der Waals surface area (Å²) < 4.78 is 8.47. The average Bonchev–Trinajstić information content (AvgIpc) is 3.54. The number of ether oxygens (including phenoxy) is 1. The van der Waals surface area contributed by atoms with Crippen molar-refractivity contribution in [3.05, 3.63) is 143 Å². The molecule has 5 aromatic rings. The molecule has 1 amide bonds. The van der Waals surface area contributed by atoms with E-state index in [-0.39, 0.29) is 5.91 Å². The molecule has 6 rings (SSSR count). The fourth-order valence-corrected chi connectivity index (χ4v) is 5.69. The first kappa shape index (κ1) is 25.8. The fraction of sp³-hybridized carbons (Fsp3) is 0.0606. The minimum atomic E-state index is -0.0998. The molecule has 0 unspecified atom stereocenters. The van der Waals surface area contributed by atoms with Crippen LogP contribution in [-0.4, -0.2) is 24.9 Å². The standard InChI is InChI=1S/C33H25N3O2S2/c37-32-30(40-33(39)35(32)21-24-11-4-1-5-12-24)20-27-22-36(28-16-8-3-9-17-28)34-31(27)26-15-10-18-29(19-26)38-23-25-13-6-2-7-14-25/h1-20,22H,21,23H2/b30-20-. The Labute approximate surface area is 242 Å². The lowest BCUT2D eigenvalue weighted by Crippen LogP contribution is -2.27. The maximum atomic E-state index is 13.4. The van der Waals surface area contributed by atoms with Gasteiger partial charge in [0.1, 0.15) is 22.4 Å². The summed E-state index contributed by atoms with van der Waals surface area (Å²) >= 11 is 6.92. The zero-order valence-corrected chi connectivity index (χ0v) is 23.1. The highest BCUT2D eigenvalue weighted by Gasteiger charge is 2.32. The number of nitrogens with zero attached hydrogens (tertiary/aromatic N) is 3. The summed E-state index contributed by atoms with van der Waals surface area (Å²) in [6.45, 7) is 0.916. The van der Waals surface area contributed by atoms with Crippen LogP contribution in [0, 0.1) is 0 Å². The molecule has 0 radical (unpaired) electrons. The third kappa shape index (κ3) is 5.76. The van der Waals surface area contributed by atoms with Crippen LogP contribution in [0.5, 0.6) is 5.75 Å². The maximum Gasteiger partial charge on any atom is 0.266 e. The highest BCUT2D eigenvalue weighted by molar-refractivity contribution is 8.26. The molecule has 0 saturated carbocycles. The summed E-state index contributed by atoms with van der Waals surface area (Å²) in [7, 11) is 0. The number of carbonyl (C=O) groups excluding carboxylic acids is 1. The van der Waals surface area contributed by atoms with Crippen molar-refractivity contribution in [2.45, 2.75) is 13.2 Å². The fourth-order valence-electron chi connectivity index (χ4n) is 4.45. The normalized spacial score (nSPS) is 14.2. The minimum absolute atomic E-state index is 0.0998. The van der Waals surface area contributed by atoms with Crippen LogP contribution in [0.15, 0.2) is 126 Å². The number of hydrogen-bond acceptors (Lipinski definition) is 5. The molecule has 196 valence electrons. The second-order valence-electron chi connectivity index (χ2n) is 9.27. The first-order valence-corrected chi connectivity index (χ1v) is 14.1. The summed E-state index contributed by atoms with van der Waals surface area (Å²) in [5.41, 5.74) is 5.53. The lowest BCUT2D eigenvalue weighted by Gasteiger charge is -2.14. The molecular formula is C33H25N3O2S2. The molecule has 4 aromatic carbocycles. The molecule has 40 heavy (non-hydrogen) atoms. The van der Waals surface area contributed by atoms with E-state index in [1.807, 2.05) is 132 Å². The van der Waals surface area contributed by atoms with E-state index in [1.165, 1.54) is 11.8 Å². The second kappa shape index (κ2) is 11.7. The Bertz CT molecular complexity index is 1680. The molecule has 0 atom stereocenters. The Hall–Kier alpha value is -4.46. The summed E-state index contributed by atoms with van der Waals surface area (Å²) in [6, 6.07) is 37.8. The van der Waals surface area contributed by atoms with Crippen molar-refractivity contribution < 1.29 is 9.53 Å². The van der Waals surface area contributed by atoms with Crippen molar-refractivity contribution in [3.63, 3.8) is 0 Å². The molecule has 0 bridgehead atoms. The minimum Gasteiger partial charge on any atom is -0.489 e. The Morgan fingerprint density at radius 3 is 2.23 bits per heavy atom. The highest BCUT2D eigenvalue weighted by atomic mass is 32.2. The lowest BCUT2D eigenvalue weighted by molar-refractivity contribution is -0.122. The molecule has 5 nitrogen and oxygen atoms in total. The van der Waals surface area contributed by atoms with Gasteiger partial charge in [0.15, 0.2) is 0 Å². The third-order valence-electron chi connectivity index (χ3n) is 6.46. The first-order chi connectivity index (χ1) is 19.6. The van der Waals surface area contributed by atoms with Gasteiger partial charge in [0.2, 0.25) is 0 Å². The Kier molecular flexibility index (Phi) is 7.57. The maximum absolute atomic E-state index is 13.4. The summed E-state index contributed by atoms with van der Waals surface area (Å²) in [5.74, 6) is 0.646. The summed E-state index contributed by atoms with van der Waals surface area (Å²) in [4.78, 5) is 15.7. The van der Waals surface area contributed by atoms with E-state index >= 15 is 0 Å². The van der Waals surface area contributed by atoms with Gasteiger partial charge in [-0.3, -0.25) is 9.69 Å². The predicted molar refractivity (Wildman–Crippen MR) is 165 cm³/mol. The van der Waals surface area contributed by atoms with Gasteiger partial charge in [0, 0.05) is 17.3 Å². The van der Waals surface area contributed by atoms with Gasteiger partial charge in [0.05, 0.1) is 17.1 Å². The first-order valence-electron chi connectivity index (χ1n) is 12.9. The van der Waals surface area contributed by atoms with Crippen LogP contribution in [0.1, 0.15) is 16.7 Å². The van der Waals surface area contributed by atoms with Crippen LogP contribution in [-0.2, 0) is 17.9 Å². The third-order valence-corrected chi connectivity index (χ3v) is 7.84. The molecule has 1 aliphatic rings. The topological polar surface area (TPSA) is 47.4 Å². The SMILES string of the molecule is O=C1/C(=C/c2cn(-c3ccccc3)nc2-c2cccc(OCc3ccccc3)c2)SC(=S)N1Cc1ccccc1. The zero-order chi connectivity index (χ0) is 27.3. The molecule has 0 N–H and O–H groups in total. The van der Waals surface area contributed by atoms with E-state index in [0.29, 0.717) is 22.4 Å². The van der Waals surface area contributed by atoms with Gasteiger partial charge >= 0.3 is 0 Å². The molecular weight excluding hydrogens is 535 g/mol. The molecule has 2 heterocycles. The van der Waals surface area contributed by atoms with Crippen molar-refractivity contribution in [1.82, 2.24) is 14.7 Å². The number of para-hydroxylation sites is 1. The molecule has 1 fully saturated rings. The van der Waals surface area contributed by atoms with E-state index in [4.69, 9.17) is 22.1 Å². The second-order valence-corrected chi connectivity index (χ2v) is 10.9. The summed E-state index contributed by atoms with van der Waals surface area (Å²) in [5, 5.41) is 4.93. The van der Waals surface area contributed by atoms with E-state index < -0.39 is 0 Å². The molecule has 7 heteroatoms. The number of thiocarbonyl (C=S) groups is 1. The van der Waals surface area contributed by atoms with Crippen LogP contribution >= 0.6 is 24.0 Å². The van der Waals surface area contributed by atoms with Gasteiger partial charge in [-0.05, 0) is 41.5 Å².